The Morgan fingerprint density at radius 3 is 2.48 bits per heavy atom. The summed E-state index contributed by atoms with van der Waals surface area (Å²) in [5, 5.41) is 4.20. The number of benzene rings is 3. The molecule has 0 saturated carbocycles. The van der Waals surface area contributed by atoms with E-state index in [0.29, 0.717) is 22.6 Å². The highest BCUT2D eigenvalue weighted by Crippen LogP contribution is 2.37. The lowest BCUT2D eigenvalue weighted by Crippen LogP contribution is -2.18. The highest BCUT2D eigenvalue weighted by molar-refractivity contribution is 6.32. The third kappa shape index (κ3) is 4.42. The molecule has 0 spiro atoms. The van der Waals surface area contributed by atoms with Crippen molar-refractivity contribution in [2.24, 2.45) is 11.8 Å². The Kier molecular flexibility index (Phi) is 6.08. The van der Waals surface area contributed by atoms with Gasteiger partial charge in [-0.2, -0.15) is 0 Å². The molecular weight excluding hydrogens is 380 g/mol. The first-order valence-corrected chi connectivity index (χ1v) is 10.5. The second kappa shape index (κ2) is 8.89. The number of rotatable bonds is 6. The molecule has 0 bridgehead atoms. The summed E-state index contributed by atoms with van der Waals surface area (Å²) >= 11 is 6.23. The average Bonchev–Trinajstić information content (AvgIpc) is 3.16. The first kappa shape index (κ1) is 19.8. The number of nitrogens with two attached hydrogens (primary N) is 1. The Bertz CT molecular complexity index is 974. The fraction of sp³-hybridized carbons (Fsp3) is 0.280. The van der Waals surface area contributed by atoms with Gasteiger partial charge in [0.1, 0.15) is 5.75 Å². The van der Waals surface area contributed by atoms with Crippen LogP contribution in [0.5, 0.6) is 5.75 Å². The molecule has 3 aromatic rings. The largest absolute Gasteiger partial charge is 0.495 e. The molecule has 29 heavy (non-hydrogen) atoms. The second-order valence-corrected chi connectivity index (χ2v) is 8.21. The number of halogens is 1. The normalized spacial score (nSPS) is 18.7. The van der Waals surface area contributed by atoms with Gasteiger partial charge in [0.2, 0.25) is 0 Å². The summed E-state index contributed by atoms with van der Waals surface area (Å²) in [5.41, 5.74) is 12.0. The summed E-state index contributed by atoms with van der Waals surface area (Å²) in [6, 6.07) is 22.9. The van der Waals surface area contributed by atoms with E-state index < -0.39 is 0 Å². The van der Waals surface area contributed by atoms with Crippen LogP contribution in [0.1, 0.15) is 11.1 Å². The number of methoxy groups -OCH3 is 1. The Balaban J connectivity index is 1.61. The van der Waals surface area contributed by atoms with Gasteiger partial charge in [-0.15, -0.1) is 0 Å². The summed E-state index contributed by atoms with van der Waals surface area (Å²) in [4.78, 5) is 0. The molecule has 2 atom stereocenters. The van der Waals surface area contributed by atoms with Crippen LogP contribution < -0.4 is 15.8 Å². The van der Waals surface area contributed by atoms with Crippen molar-refractivity contribution in [1.29, 1.82) is 0 Å². The molecule has 3 N–H and O–H groups in total. The second-order valence-electron chi connectivity index (χ2n) is 7.80. The highest BCUT2D eigenvalue weighted by Gasteiger charge is 2.28. The summed E-state index contributed by atoms with van der Waals surface area (Å²) in [6.45, 7) is 2.10. The third-order valence-electron chi connectivity index (χ3n) is 5.93. The molecule has 0 aliphatic carbocycles. The molecule has 1 saturated heterocycles. The summed E-state index contributed by atoms with van der Waals surface area (Å²) in [5.74, 6) is 1.86. The van der Waals surface area contributed by atoms with Gasteiger partial charge < -0.3 is 15.8 Å². The van der Waals surface area contributed by atoms with Gasteiger partial charge in [0.15, 0.2) is 0 Å². The molecular formula is C25H27ClN2O. The third-order valence-corrected chi connectivity index (χ3v) is 6.24. The molecule has 0 radical (unpaired) electrons. The van der Waals surface area contributed by atoms with Gasteiger partial charge >= 0.3 is 0 Å². The predicted molar refractivity (Wildman–Crippen MR) is 122 cm³/mol. The van der Waals surface area contributed by atoms with Crippen LogP contribution in [0.4, 0.5) is 5.69 Å². The van der Waals surface area contributed by atoms with Crippen molar-refractivity contribution in [3.05, 3.63) is 82.9 Å². The molecule has 4 heteroatoms. The van der Waals surface area contributed by atoms with Gasteiger partial charge in [-0.1, -0.05) is 60.1 Å². The van der Waals surface area contributed by atoms with Crippen molar-refractivity contribution < 1.29 is 4.74 Å². The molecule has 150 valence electrons. The predicted octanol–water partition coefficient (Wildman–Crippen LogP) is 5.22. The van der Waals surface area contributed by atoms with Crippen LogP contribution in [-0.4, -0.2) is 20.2 Å². The maximum absolute atomic E-state index is 6.43. The number of hydrogen-bond acceptors (Lipinski definition) is 3. The van der Waals surface area contributed by atoms with Gasteiger partial charge in [-0.25, -0.2) is 0 Å². The van der Waals surface area contributed by atoms with E-state index in [1.807, 2.05) is 24.3 Å². The van der Waals surface area contributed by atoms with E-state index in [2.05, 4.69) is 47.8 Å². The minimum atomic E-state index is 0.574. The molecule has 1 heterocycles. The van der Waals surface area contributed by atoms with Crippen molar-refractivity contribution >= 4 is 17.3 Å². The van der Waals surface area contributed by atoms with Crippen LogP contribution in [0, 0.1) is 11.8 Å². The van der Waals surface area contributed by atoms with Crippen LogP contribution in [0.2, 0.25) is 5.02 Å². The molecule has 1 fully saturated rings. The fourth-order valence-electron chi connectivity index (χ4n) is 4.42. The number of hydrogen-bond donors (Lipinski definition) is 2. The molecule has 4 rings (SSSR count). The Labute approximate surface area is 177 Å². The number of nitrogens with one attached hydrogen (secondary N) is 1. The lowest BCUT2D eigenvalue weighted by molar-refractivity contribution is 0.414. The Morgan fingerprint density at radius 2 is 1.72 bits per heavy atom. The fourth-order valence-corrected chi connectivity index (χ4v) is 4.62. The molecule has 0 unspecified atom stereocenters. The van der Waals surface area contributed by atoms with Crippen molar-refractivity contribution in [3.8, 4) is 16.9 Å². The Morgan fingerprint density at radius 1 is 0.966 bits per heavy atom. The zero-order valence-electron chi connectivity index (χ0n) is 16.7. The molecule has 3 aromatic carbocycles. The lowest BCUT2D eigenvalue weighted by atomic mass is 9.83. The van der Waals surface area contributed by atoms with Crippen molar-refractivity contribution in [2.75, 3.05) is 25.9 Å². The first-order valence-electron chi connectivity index (χ1n) is 10.1. The number of anilines is 1. The summed E-state index contributed by atoms with van der Waals surface area (Å²) in [6.07, 6.45) is 2.10. The number of nitrogen functional groups attached to an aromatic ring is 1. The molecule has 1 aliphatic rings. The zero-order chi connectivity index (χ0) is 20.2. The molecule has 3 nitrogen and oxygen atoms in total. The summed E-state index contributed by atoms with van der Waals surface area (Å²) < 4.78 is 5.42. The van der Waals surface area contributed by atoms with E-state index in [1.54, 1.807) is 7.11 Å². The van der Waals surface area contributed by atoms with Crippen molar-refractivity contribution in [3.63, 3.8) is 0 Å². The van der Waals surface area contributed by atoms with Gasteiger partial charge in [0.25, 0.3) is 0 Å². The van der Waals surface area contributed by atoms with Crippen molar-refractivity contribution in [1.82, 2.24) is 5.32 Å². The maximum Gasteiger partial charge on any atom is 0.138 e. The maximum atomic E-state index is 6.43. The summed E-state index contributed by atoms with van der Waals surface area (Å²) in [7, 11) is 1.64. The molecule has 0 aromatic heterocycles. The first-order chi connectivity index (χ1) is 14.2. The van der Waals surface area contributed by atoms with Crippen molar-refractivity contribution in [2.45, 2.75) is 12.8 Å². The van der Waals surface area contributed by atoms with E-state index in [0.717, 1.165) is 42.7 Å². The highest BCUT2D eigenvalue weighted by atomic mass is 35.5. The van der Waals surface area contributed by atoms with E-state index >= 15 is 0 Å². The van der Waals surface area contributed by atoms with Gasteiger partial charge in [0.05, 0.1) is 12.1 Å². The Hall–Kier alpha value is -2.49. The van der Waals surface area contributed by atoms with E-state index in [1.165, 1.54) is 11.1 Å². The minimum absolute atomic E-state index is 0.574. The van der Waals surface area contributed by atoms with Crippen LogP contribution >= 0.6 is 11.6 Å². The zero-order valence-corrected chi connectivity index (χ0v) is 17.5. The van der Waals surface area contributed by atoms with Crippen LogP contribution in [0.15, 0.2) is 66.7 Å². The van der Waals surface area contributed by atoms with Crippen LogP contribution in [0.3, 0.4) is 0 Å². The standard InChI is InChI=1S/C25H27ClN2O/c1-29-24-14-19(10-11-22(24)26)25-18(8-5-9-23(25)27)13-21-16-28-15-20(21)12-17-6-3-2-4-7-17/h2-11,14,20-21,28H,12-13,15-16,27H2,1H3/t20-,21-/m0/s1. The van der Waals surface area contributed by atoms with Crippen LogP contribution in [-0.2, 0) is 12.8 Å². The minimum Gasteiger partial charge on any atom is -0.495 e. The van der Waals surface area contributed by atoms with E-state index in [-0.39, 0.29) is 0 Å². The number of ether oxygens (including phenoxy) is 1. The van der Waals surface area contributed by atoms with E-state index in [9.17, 15) is 0 Å². The van der Waals surface area contributed by atoms with Crippen LogP contribution in [0.25, 0.3) is 11.1 Å². The topological polar surface area (TPSA) is 47.3 Å². The monoisotopic (exact) mass is 406 g/mol. The van der Waals surface area contributed by atoms with Gasteiger partial charge in [-0.05, 0) is 72.7 Å². The van der Waals surface area contributed by atoms with Gasteiger partial charge in [0, 0.05) is 11.3 Å². The van der Waals surface area contributed by atoms with E-state index in [4.69, 9.17) is 22.1 Å². The smallest absolute Gasteiger partial charge is 0.138 e. The average molecular weight is 407 g/mol. The molecule has 1 aliphatic heterocycles. The quantitative estimate of drug-likeness (QED) is 0.552. The van der Waals surface area contributed by atoms with Gasteiger partial charge in [-0.3, -0.25) is 0 Å². The SMILES string of the molecule is COc1cc(-c2c(N)cccc2C[C@H]2CNC[C@@H]2Cc2ccccc2)ccc1Cl. The molecule has 0 amide bonds. The lowest BCUT2D eigenvalue weighted by Gasteiger charge is -2.21.